The van der Waals surface area contributed by atoms with Crippen molar-refractivity contribution >= 4 is 45.0 Å². The number of nitrogens with one attached hydrogen (secondary N) is 3. The highest BCUT2D eigenvalue weighted by Crippen LogP contribution is 2.33. The number of rotatable bonds is 5. The average molecular weight is 445 g/mol. The Morgan fingerprint density at radius 3 is 2.85 bits per heavy atom. The highest BCUT2D eigenvalue weighted by Gasteiger charge is 2.23. The standard InChI is InChI=1S/C24H23N5O4/c1-13-8-20(30)15-6-5-14(9-21(15)33-13)28-23-16-10-19(29-24(31)17-4-3-7-25-17)22(32-2)11-18(16)26-12-27-23/h5-6,8-12,17,25H,3-4,7H2,1-2H3,(H,29,31)(H,26,27,28). The van der Waals surface area contributed by atoms with E-state index in [1.807, 2.05) is 0 Å². The number of ether oxygens (including phenoxy) is 1. The number of carbonyl (C=O) groups excluding carboxylic acids is 1. The van der Waals surface area contributed by atoms with Gasteiger partial charge in [-0.05, 0) is 44.5 Å². The van der Waals surface area contributed by atoms with Crippen molar-refractivity contribution in [2.24, 2.45) is 0 Å². The Bertz CT molecular complexity index is 1430. The Labute approximate surface area is 189 Å². The lowest BCUT2D eigenvalue weighted by Crippen LogP contribution is -2.35. The number of methoxy groups -OCH3 is 1. The maximum atomic E-state index is 12.7. The van der Waals surface area contributed by atoms with Crippen LogP contribution in [-0.4, -0.2) is 35.6 Å². The molecule has 0 bridgehead atoms. The van der Waals surface area contributed by atoms with Crippen molar-refractivity contribution < 1.29 is 13.9 Å². The monoisotopic (exact) mass is 445 g/mol. The fraction of sp³-hybridized carbons (Fsp3) is 0.250. The molecular weight excluding hydrogens is 422 g/mol. The van der Waals surface area contributed by atoms with E-state index < -0.39 is 0 Å². The maximum Gasteiger partial charge on any atom is 0.241 e. The summed E-state index contributed by atoms with van der Waals surface area (Å²) in [5.41, 5.74) is 2.30. The van der Waals surface area contributed by atoms with Crippen molar-refractivity contribution in [1.29, 1.82) is 0 Å². The van der Waals surface area contributed by atoms with Gasteiger partial charge in [0.1, 0.15) is 29.2 Å². The first-order valence-corrected chi connectivity index (χ1v) is 10.7. The first-order chi connectivity index (χ1) is 16.0. The van der Waals surface area contributed by atoms with Crippen molar-refractivity contribution in [3.8, 4) is 5.75 Å². The van der Waals surface area contributed by atoms with Crippen LogP contribution < -0.4 is 26.1 Å². The topological polar surface area (TPSA) is 118 Å². The summed E-state index contributed by atoms with van der Waals surface area (Å²) in [6, 6.07) is 10.1. The first-order valence-electron chi connectivity index (χ1n) is 10.7. The summed E-state index contributed by atoms with van der Waals surface area (Å²) < 4.78 is 11.2. The van der Waals surface area contributed by atoms with Gasteiger partial charge in [-0.25, -0.2) is 9.97 Å². The second-order valence-electron chi connectivity index (χ2n) is 7.99. The molecule has 1 fully saturated rings. The zero-order chi connectivity index (χ0) is 22.9. The molecular formula is C24H23N5O4. The molecule has 0 spiro atoms. The van der Waals surface area contributed by atoms with Crippen LogP contribution in [0.15, 0.2) is 51.9 Å². The zero-order valence-electron chi connectivity index (χ0n) is 18.3. The Balaban J connectivity index is 1.52. The first kappa shape index (κ1) is 20.9. The maximum absolute atomic E-state index is 12.7. The van der Waals surface area contributed by atoms with Crippen molar-refractivity contribution in [2.75, 3.05) is 24.3 Å². The summed E-state index contributed by atoms with van der Waals surface area (Å²) in [5.74, 6) is 1.51. The van der Waals surface area contributed by atoms with Crippen molar-refractivity contribution in [2.45, 2.75) is 25.8 Å². The molecule has 2 aromatic carbocycles. The molecule has 168 valence electrons. The van der Waals surface area contributed by atoms with E-state index in [0.717, 1.165) is 19.4 Å². The third-order valence-electron chi connectivity index (χ3n) is 5.71. The molecule has 1 amide bonds. The smallest absolute Gasteiger partial charge is 0.241 e. The number of amides is 1. The van der Waals surface area contributed by atoms with Crippen LogP contribution in [0.5, 0.6) is 5.75 Å². The molecule has 3 N–H and O–H groups in total. The Morgan fingerprint density at radius 1 is 1.18 bits per heavy atom. The lowest BCUT2D eigenvalue weighted by atomic mass is 10.1. The molecule has 1 saturated heterocycles. The fourth-order valence-electron chi connectivity index (χ4n) is 4.07. The summed E-state index contributed by atoms with van der Waals surface area (Å²) in [7, 11) is 1.55. The van der Waals surface area contributed by atoms with E-state index in [1.54, 1.807) is 44.4 Å². The van der Waals surface area contributed by atoms with Gasteiger partial charge in [0.05, 0.1) is 29.7 Å². The molecule has 0 saturated carbocycles. The Kier molecular flexibility index (Phi) is 5.39. The van der Waals surface area contributed by atoms with Crippen molar-refractivity contribution in [1.82, 2.24) is 15.3 Å². The van der Waals surface area contributed by atoms with E-state index in [2.05, 4.69) is 25.9 Å². The van der Waals surface area contributed by atoms with Crippen molar-refractivity contribution in [3.05, 3.63) is 58.7 Å². The van der Waals surface area contributed by atoms with E-state index in [-0.39, 0.29) is 17.4 Å². The minimum atomic E-state index is -0.217. The molecule has 4 aromatic rings. The van der Waals surface area contributed by atoms with Crippen LogP contribution in [0.3, 0.4) is 0 Å². The van der Waals surface area contributed by atoms with Gasteiger partial charge in [0, 0.05) is 29.3 Å². The molecule has 1 atom stereocenters. The van der Waals surface area contributed by atoms with E-state index >= 15 is 0 Å². The molecule has 5 rings (SSSR count). The number of anilines is 3. The van der Waals surface area contributed by atoms with E-state index in [4.69, 9.17) is 9.15 Å². The number of benzene rings is 2. The van der Waals surface area contributed by atoms with Gasteiger partial charge in [-0.3, -0.25) is 9.59 Å². The number of aromatic nitrogens is 2. The van der Waals surface area contributed by atoms with Gasteiger partial charge in [-0.15, -0.1) is 0 Å². The van der Waals surface area contributed by atoms with Crippen LogP contribution in [0.1, 0.15) is 18.6 Å². The van der Waals surface area contributed by atoms with Gasteiger partial charge >= 0.3 is 0 Å². The summed E-state index contributed by atoms with van der Waals surface area (Å²) in [6.07, 6.45) is 3.23. The number of carbonyl (C=O) groups is 1. The Hall–Kier alpha value is -3.98. The largest absolute Gasteiger partial charge is 0.494 e. The summed E-state index contributed by atoms with van der Waals surface area (Å²) in [4.78, 5) is 33.6. The molecule has 1 aliphatic heterocycles. The lowest BCUT2D eigenvalue weighted by Gasteiger charge is -2.16. The lowest BCUT2D eigenvalue weighted by molar-refractivity contribution is -0.117. The van der Waals surface area contributed by atoms with Crippen LogP contribution >= 0.6 is 0 Å². The number of nitrogens with zero attached hydrogens (tertiary/aromatic N) is 2. The third-order valence-corrected chi connectivity index (χ3v) is 5.71. The molecule has 9 nitrogen and oxygen atoms in total. The van der Waals surface area contributed by atoms with Gasteiger partial charge in [0.2, 0.25) is 5.91 Å². The zero-order valence-corrected chi connectivity index (χ0v) is 18.3. The van der Waals surface area contributed by atoms with Gasteiger partial charge in [-0.1, -0.05) is 0 Å². The molecule has 9 heteroatoms. The van der Waals surface area contributed by atoms with Crippen LogP contribution in [0.2, 0.25) is 0 Å². The highest BCUT2D eigenvalue weighted by molar-refractivity contribution is 6.01. The van der Waals surface area contributed by atoms with Crippen LogP contribution in [0.25, 0.3) is 21.9 Å². The van der Waals surface area contributed by atoms with Crippen LogP contribution in [0, 0.1) is 6.92 Å². The molecule has 33 heavy (non-hydrogen) atoms. The van der Waals surface area contributed by atoms with Crippen molar-refractivity contribution in [3.63, 3.8) is 0 Å². The normalized spacial score (nSPS) is 15.6. The summed E-state index contributed by atoms with van der Waals surface area (Å²) in [5, 5.41) is 10.6. The number of hydrogen-bond donors (Lipinski definition) is 3. The minimum absolute atomic E-state index is 0.0861. The molecule has 0 radical (unpaired) electrons. The van der Waals surface area contributed by atoms with Gasteiger partial charge in [-0.2, -0.15) is 0 Å². The highest BCUT2D eigenvalue weighted by atomic mass is 16.5. The molecule has 2 aromatic heterocycles. The third kappa shape index (κ3) is 4.10. The summed E-state index contributed by atoms with van der Waals surface area (Å²) >= 11 is 0. The minimum Gasteiger partial charge on any atom is -0.494 e. The van der Waals surface area contributed by atoms with E-state index in [0.29, 0.717) is 50.6 Å². The predicted molar refractivity (Wildman–Crippen MR) is 126 cm³/mol. The van der Waals surface area contributed by atoms with Crippen LogP contribution in [0.4, 0.5) is 17.2 Å². The number of fused-ring (bicyclic) bond motifs is 2. The second-order valence-corrected chi connectivity index (χ2v) is 7.99. The second kappa shape index (κ2) is 8.51. The van der Waals surface area contributed by atoms with E-state index in [9.17, 15) is 9.59 Å². The SMILES string of the molecule is COc1cc2ncnc(Nc3ccc4c(=O)cc(C)oc4c3)c2cc1NC(=O)C1CCCN1. The molecule has 1 aliphatic rings. The van der Waals surface area contributed by atoms with Crippen LogP contribution in [-0.2, 0) is 4.79 Å². The van der Waals surface area contributed by atoms with Gasteiger partial charge in [0.25, 0.3) is 0 Å². The summed E-state index contributed by atoms with van der Waals surface area (Å²) in [6.45, 7) is 2.57. The Morgan fingerprint density at radius 2 is 2.06 bits per heavy atom. The average Bonchev–Trinajstić information content (AvgIpc) is 3.34. The molecule has 1 unspecified atom stereocenters. The molecule has 3 heterocycles. The van der Waals surface area contributed by atoms with Gasteiger partial charge in [0.15, 0.2) is 5.43 Å². The predicted octanol–water partition coefficient (Wildman–Crippen LogP) is 3.49. The number of hydrogen-bond acceptors (Lipinski definition) is 8. The quantitative estimate of drug-likeness (QED) is 0.427. The fourth-order valence-corrected chi connectivity index (χ4v) is 4.07. The van der Waals surface area contributed by atoms with E-state index in [1.165, 1.54) is 12.4 Å². The molecule has 0 aliphatic carbocycles. The number of aryl methyl sites for hydroxylation is 1. The van der Waals surface area contributed by atoms with Gasteiger partial charge < -0.3 is 25.1 Å².